The minimum absolute atomic E-state index is 0.0607. The van der Waals surface area contributed by atoms with E-state index in [4.69, 9.17) is 14.2 Å². The summed E-state index contributed by atoms with van der Waals surface area (Å²) in [5.74, 6) is -0.827. The normalized spacial score (nSPS) is 11.9. The zero-order valence-electron chi connectivity index (χ0n) is 50.0. The highest BCUT2D eigenvalue weighted by Crippen LogP contribution is 2.19. The predicted molar refractivity (Wildman–Crippen MR) is 317 cm³/mol. The molecule has 434 valence electrons. The molecule has 0 bridgehead atoms. The van der Waals surface area contributed by atoms with Crippen molar-refractivity contribution in [1.29, 1.82) is 0 Å². The van der Waals surface area contributed by atoms with E-state index in [1.165, 1.54) is 295 Å². The highest BCUT2D eigenvalue weighted by molar-refractivity contribution is 5.71. The van der Waals surface area contributed by atoms with Crippen molar-refractivity contribution >= 4 is 17.9 Å². The van der Waals surface area contributed by atoms with Crippen LogP contribution in [0.2, 0.25) is 0 Å². The van der Waals surface area contributed by atoms with Gasteiger partial charge in [0.2, 0.25) is 0 Å². The number of rotatable bonds is 63. The summed E-state index contributed by atoms with van der Waals surface area (Å²) in [6.07, 6.45) is 72.8. The zero-order valence-corrected chi connectivity index (χ0v) is 50.0. The van der Waals surface area contributed by atoms with Gasteiger partial charge < -0.3 is 14.2 Å². The Hall–Kier alpha value is -1.59. The molecule has 1 unspecified atom stereocenters. The van der Waals surface area contributed by atoms with Crippen LogP contribution >= 0.6 is 0 Å². The molecular formula is C67H130O6. The first kappa shape index (κ1) is 71.4. The Morgan fingerprint density at radius 1 is 0.219 bits per heavy atom. The van der Waals surface area contributed by atoms with Crippen molar-refractivity contribution in [2.75, 3.05) is 13.2 Å². The fourth-order valence-corrected chi connectivity index (χ4v) is 10.6. The van der Waals surface area contributed by atoms with E-state index in [-0.39, 0.29) is 31.1 Å². The fraction of sp³-hybridized carbons (Fsp3) is 0.955. The third kappa shape index (κ3) is 61.1. The van der Waals surface area contributed by atoms with E-state index in [2.05, 4.69) is 20.8 Å². The number of ether oxygens (including phenoxy) is 3. The quantitative estimate of drug-likeness (QED) is 0.0343. The van der Waals surface area contributed by atoms with Gasteiger partial charge in [0.25, 0.3) is 0 Å². The Morgan fingerprint density at radius 2 is 0.370 bits per heavy atom. The summed E-state index contributed by atoms with van der Waals surface area (Å²) in [6.45, 7) is 6.72. The van der Waals surface area contributed by atoms with Crippen molar-refractivity contribution in [2.45, 2.75) is 399 Å². The highest BCUT2D eigenvalue weighted by Gasteiger charge is 2.19. The number of unbranched alkanes of at least 4 members (excludes halogenated alkanes) is 52. The van der Waals surface area contributed by atoms with E-state index in [0.29, 0.717) is 19.3 Å². The molecule has 0 radical (unpaired) electrons. The molecule has 0 N–H and O–H groups in total. The molecule has 0 aromatic rings. The van der Waals surface area contributed by atoms with Gasteiger partial charge in [-0.3, -0.25) is 14.4 Å². The van der Waals surface area contributed by atoms with Gasteiger partial charge in [-0.2, -0.15) is 0 Å². The molecule has 1 atom stereocenters. The van der Waals surface area contributed by atoms with Crippen molar-refractivity contribution in [2.24, 2.45) is 0 Å². The molecular weight excluding hydrogens is 901 g/mol. The third-order valence-corrected chi connectivity index (χ3v) is 15.6. The first-order valence-corrected chi connectivity index (χ1v) is 33.5. The Labute approximate surface area is 457 Å². The van der Waals surface area contributed by atoms with Crippen LogP contribution in [-0.2, 0) is 28.6 Å². The number of hydrogen-bond donors (Lipinski definition) is 0. The van der Waals surface area contributed by atoms with Crippen LogP contribution in [0.15, 0.2) is 0 Å². The van der Waals surface area contributed by atoms with E-state index in [0.717, 1.165) is 57.8 Å². The maximum Gasteiger partial charge on any atom is 0.306 e. The van der Waals surface area contributed by atoms with Crippen LogP contribution in [0.5, 0.6) is 0 Å². The molecule has 0 aliphatic heterocycles. The van der Waals surface area contributed by atoms with Crippen LogP contribution in [0.25, 0.3) is 0 Å². The van der Waals surface area contributed by atoms with E-state index < -0.39 is 6.10 Å². The molecule has 0 aliphatic rings. The Bertz CT molecular complexity index is 1090. The monoisotopic (exact) mass is 1030 g/mol. The van der Waals surface area contributed by atoms with E-state index in [1.807, 2.05) is 0 Å². The summed E-state index contributed by atoms with van der Waals surface area (Å²) in [6, 6.07) is 0. The maximum atomic E-state index is 12.9. The van der Waals surface area contributed by atoms with Gasteiger partial charge >= 0.3 is 17.9 Å². The average Bonchev–Trinajstić information content (AvgIpc) is 3.39. The Morgan fingerprint density at radius 3 is 0.548 bits per heavy atom. The zero-order chi connectivity index (χ0) is 52.9. The summed E-state index contributed by atoms with van der Waals surface area (Å²) >= 11 is 0. The molecule has 73 heavy (non-hydrogen) atoms. The van der Waals surface area contributed by atoms with Crippen molar-refractivity contribution < 1.29 is 28.6 Å². The lowest BCUT2D eigenvalue weighted by molar-refractivity contribution is -0.167. The van der Waals surface area contributed by atoms with Gasteiger partial charge in [-0.05, 0) is 19.3 Å². The molecule has 0 aromatic heterocycles. The highest BCUT2D eigenvalue weighted by atomic mass is 16.6. The summed E-state index contributed by atoms with van der Waals surface area (Å²) < 4.78 is 16.9. The van der Waals surface area contributed by atoms with Gasteiger partial charge in [0.1, 0.15) is 13.2 Å². The average molecular weight is 1030 g/mol. The largest absolute Gasteiger partial charge is 0.462 e. The molecule has 0 saturated carbocycles. The number of carbonyl (C=O) groups excluding carboxylic acids is 3. The van der Waals surface area contributed by atoms with Crippen LogP contribution < -0.4 is 0 Å². The number of hydrogen-bond acceptors (Lipinski definition) is 6. The Balaban J connectivity index is 4.14. The van der Waals surface area contributed by atoms with Crippen LogP contribution in [0.3, 0.4) is 0 Å². The molecule has 0 aromatic carbocycles. The molecule has 0 fully saturated rings. The SMILES string of the molecule is CCCCCCCCCCCCCCCCCCCCCCCCCCC(=O)OCC(COC(=O)CCCCCCCCCCCC)OC(=O)CCCCCCCCCCCCCCCCCCCCCCC. The lowest BCUT2D eigenvalue weighted by Crippen LogP contribution is -2.30. The fourth-order valence-electron chi connectivity index (χ4n) is 10.6. The second-order valence-electron chi connectivity index (χ2n) is 23.1. The number of carbonyl (C=O) groups is 3. The smallest absolute Gasteiger partial charge is 0.306 e. The van der Waals surface area contributed by atoms with Crippen LogP contribution in [0.1, 0.15) is 393 Å². The number of esters is 3. The first-order valence-electron chi connectivity index (χ1n) is 33.5. The maximum absolute atomic E-state index is 12.9. The Kier molecular flexibility index (Phi) is 61.6. The second-order valence-corrected chi connectivity index (χ2v) is 23.1. The van der Waals surface area contributed by atoms with Gasteiger partial charge in [0.15, 0.2) is 6.10 Å². The standard InChI is InChI=1S/C67H130O6/c1-4-7-10-13-16-19-22-24-26-28-30-32-33-34-36-37-39-41-43-45-48-51-54-57-60-66(69)72-63-64(62-71-65(68)59-56-53-50-47-21-18-15-12-9-6-3)73-67(70)61-58-55-52-49-46-44-42-40-38-35-31-29-27-25-23-20-17-14-11-8-5-2/h64H,4-63H2,1-3H3. The topological polar surface area (TPSA) is 78.9 Å². The molecule has 0 heterocycles. The lowest BCUT2D eigenvalue weighted by atomic mass is 10.0. The van der Waals surface area contributed by atoms with Crippen LogP contribution in [0, 0.1) is 0 Å². The van der Waals surface area contributed by atoms with Crippen molar-refractivity contribution in [3.63, 3.8) is 0 Å². The van der Waals surface area contributed by atoms with Gasteiger partial charge in [-0.15, -0.1) is 0 Å². The molecule has 6 heteroatoms. The molecule has 0 rings (SSSR count). The van der Waals surface area contributed by atoms with E-state index in [9.17, 15) is 14.4 Å². The van der Waals surface area contributed by atoms with Crippen molar-refractivity contribution in [1.82, 2.24) is 0 Å². The van der Waals surface area contributed by atoms with Gasteiger partial charge in [-0.1, -0.05) is 355 Å². The van der Waals surface area contributed by atoms with E-state index in [1.54, 1.807) is 0 Å². The van der Waals surface area contributed by atoms with Gasteiger partial charge in [0, 0.05) is 19.3 Å². The third-order valence-electron chi connectivity index (χ3n) is 15.6. The van der Waals surface area contributed by atoms with Gasteiger partial charge in [-0.25, -0.2) is 0 Å². The summed E-state index contributed by atoms with van der Waals surface area (Å²) in [5, 5.41) is 0. The summed E-state index contributed by atoms with van der Waals surface area (Å²) in [5.41, 5.74) is 0. The minimum Gasteiger partial charge on any atom is -0.462 e. The van der Waals surface area contributed by atoms with Gasteiger partial charge in [0.05, 0.1) is 0 Å². The molecule has 6 nitrogen and oxygen atoms in total. The molecule has 0 spiro atoms. The molecule has 0 amide bonds. The summed E-state index contributed by atoms with van der Waals surface area (Å²) in [7, 11) is 0. The van der Waals surface area contributed by atoms with Crippen LogP contribution in [-0.4, -0.2) is 37.2 Å². The lowest BCUT2D eigenvalue weighted by Gasteiger charge is -2.18. The van der Waals surface area contributed by atoms with E-state index >= 15 is 0 Å². The molecule has 0 aliphatic carbocycles. The van der Waals surface area contributed by atoms with Crippen molar-refractivity contribution in [3.8, 4) is 0 Å². The predicted octanol–water partition coefficient (Wildman–Crippen LogP) is 22.7. The second kappa shape index (κ2) is 62.9. The first-order chi connectivity index (χ1) is 36.0. The molecule has 0 saturated heterocycles. The minimum atomic E-state index is -0.762. The van der Waals surface area contributed by atoms with Crippen LogP contribution in [0.4, 0.5) is 0 Å². The summed E-state index contributed by atoms with van der Waals surface area (Å²) in [4.78, 5) is 38.2. The van der Waals surface area contributed by atoms with Crippen molar-refractivity contribution in [3.05, 3.63) is 0 Å².